The second-order valence-electron chi connectivity index (χ2n) is 3.38. The third kappa shape index (κ3) is 3.60. The number of hydrogen-bond acceptors (Lipinski definition) is 2. The Morgan fingerprint density at radius 3 is 2.47 bits per heavy atom. The van der Waals surface area contributed by atoms with Gasteiger partial charge in [-0.05, 0) is 18.1 Å². The average molecular weight is 232 g/mol. The van der Waals surface area contributed by atoms with Gasteiger partial charge >= 0.3 is 0 Å². The highest BCUT2D eigenvalue weighted by molar-refractivity contribution is 7.85. The Balaban J connectivity index is 2.98. The lowest BCUT2D eigenvalue weighted by Crippen LogP contribution is -2.14. The summed E-state index contributed by atoms with van der Waals surface area (Å²) >= 11 is 0. The molecule has 3 nitrogen and oxygen atoms in total. The van der Waals surface area contributed by atoms with Gasteiger partial charge in [-0.25, -0.2) is 4.39 Å². The van der Waals surface area contributed by atoms with Crippen molar-refractivity contribution < 1.29 is 17.4 Å². The predicted molar refractivity (Wildman–Crippen MR) is 55.8 cm³/mol. The van der Waals surface area contributed by atoms with E-state index >= 15 is 0 Å². The Morgan fingerprint density at radius 2 is 2.00 bits per heavy atom. The second kappa shape index (κ2) is 4.72. The van der Waals surface area contributed by atoms with E-state index in [0.29, 0.717) is 12.0 Å². The molecule has 0 aliphatic heterocycles. The first-order chi connectivity index (χ1) is 6.94. The van der Waals surface area contributed by atoms with Crippen molar-refractivity contribution in [2.45, 2.75) is 19.3 Å². The maximum atomic E-state index is 13.3. The molecule has 1 aromatic carbocycles. The Morgan fingerprint density at radius 1 is 1.40 bits per heavy atom. The molecule has 0 radical (unpaired) electrons. The Labute approximate surface area is 88.7 Å². The van der Waals surface area contributed by atoms with Gasteiger partial charge < -0.3 is 0 Å². The van der Waals surface area contributed by atoms with Gasteiger partial charge in [0.2, 0.25) is 0 Å². The van der Waals surface area contributed by atoms with Crippen LogP contribution in [0, 0.1) is 5.82 Å². The molecule has 0 heterocycles. The van der Waals surface area contributed by atoms with Gasteiger partial charge in [0.15, 0.2) is 0 Å². The van der Waals surface area contributed by atoms with Crippen LogP contribution in [0.2, 0.25) is 0 Å². The van der Waals surface area contributed by atoms with Gasteiger partial charge in [-0.2, -0.15) is 8.42 Å². The van der Waals surface area contributed by atoms with E-state index in [1.165, 1.54) is 12.1 Å². The summed E-state index contributed by atoms with van der Waals surface area (Å²) in [6.45, 7) is 1.75. The third-order valence-corrected chi connectivity index (χ3v) is 3.07. The summed E-state index contributed by atoms with van der Waals surface area (Å²) in [4.78, 5) is 0. The molecule has 0 spiro atoms. The maximum Gasteiger partial charge on any atom is 0.265 e. The Kier molecular flexibility index (Phi) is 3.82. The molecule has 0 saturated carbocycles. The standard InChI is InChI=1S/C10H13FO3S/c1-2-8(7-15(12,13)14)9-5-3-4-6-10(9)11/h3-6,8H,2,7H2,1H3,(H,12,13,14). The van der Waals surface area contributed by atoms with E-state index in [-0.39, 0.29) is 0 Å². The number of halogens is 1. The first-order valence-corrected chi connectivity index (χ1v) is 6.24. The van der Waals surface area contributed by atoms with Crippen LogP contribution >= 0.6 is 0 Å². The van der Waals surface area contributed by atoms with Gasteiger partial charge in [0.25, 0.3) is 10.1 Å². The first kappa shape index (κ1) is 12.1. The van der Waals surface area contributed by atoms with Crippen molar-refractivity contribution in [2.24, 2.45) is 0 Å². The highest BCUT2D eigenvalue weighted by atomic mass is 32.2. The fourth-order valence-electron chi connectivity index (χ4n) is 1.49. The quantitative estimate of drug-likeness (QED) is 0.810. The van der Waals surface area contributed by atoms with E-state index in [1.54, 1.807) is 19.1 Å². The molecule has 1 unspecified atom stereocenters. The second-order valence-corrected chi connectivity index (χ2v) is 4.87. The summed E-state index contributed by atoms with van der Waals surface area (Å²) in [5, 5.41) is 0. The van der Waals surface area contributed by atoms with Crippen LogP contribution in [0.4, 0.5) is 4.39 Å². The van der Waals surface area contributed by atoms with Gasteiger partial charge in [0, 0.05) is 5.92 Å². The zero-order chi connectivity index (χ0) is 11.5. The van der Waals surface area contributed by atoms with Crippen LogP contribution in [0.5, 0.6) is 0 Å². The van der Waals surface area contributed by atoms with E-state index in [1.807, 2.05) is 0 Å². The van der Waals surface area contributed by atoms with Gasteiger partial charge in [-0.3, -0.25) is 4.55 Å². The number of rotatable bonds is 4. The lowest BCUT2D eigenvalue weighted by Gasteiger charge is -2.13. The van der Waals surface area contributed by atoms with Crippen molar-refractivity contribution >= 4 is 10.1 Å². The molecule has 1 rings (SSSR count). The molecule has 15 heavy (non-hydrogen) atoms. The van der Waals surface area contributed by atoms with Crippen LogP contribution < -0.4 is 0 Å². The zero-order valence-electron chi connectivity index (χ0n) is 8.35. The minimum absolute atomic E-state index is 0.331. The Hall–Kier alpha value is -0.940. The fourth-order valence-corrected chi connectivity index (χ4v) is 2.41. The summed E-state index contributed by atoms with van der Waals surface area (Å²) in [6, 6.07) is 6.00. The van der Waals surface area contributed by atoms with Crippen LogP contribution in [0.3, 0.4) is 0 Å². The SMILES string of the molecule is CCC(CS(=O)(=O)O)c1ccccc1F. The van der Waals surface area contributed by atoms with Crippen LogP contribution in [-0.4, -0.2) is 18.7 Å². The molecule has 84 valence electrons. The Bertz CT molecular complexity index is 428. The van der Waals surface area contributed by atoms with Crippen molar-refractivity contribution in [1.29, 1.82) is 0 Å². The van der Waals surface area contributed by atoms with E-state index in [9.17, 15) is 12.8 Å². The number of benzene rings is 1. The molecular weight excluding hydrogens is 219 g/mol. The summed E-state index contributed by atoms with van der Waals surface area (Å²) in [5.41, 5.74) is 0.331. The molecule has 1 aromatic rings. The smallest absolute Gasteiger partial charge is 0.265 e. The van der Waals surface area contributed by atoms with Gasteiger partial charge in [-0.1, -0.05) is 25.1 Å². The fraction of sp³-hybridized carbons (Fsp3) is 0.400. The molecule has 0 fully saturated rings. The first-order valence-electron chi connectivity index (χ1n) is 4.63. The minimum atomic E-state index is -4.07. The minimum Gasteiger partial charge on any atom is -0.286 e. The predicted octanol–water partition coefficient (Wildman–Crippen LogP) is 2.21. The van der Waals surface area contributed by atoms with Crippen molar-refractivity contribution in [2.75, 3.05) is 5.75 Å². The van der Waals surface area contributed by atoms with E-state index < -0.39 is 27.6 Å². The zero-order valence-corrected chi connectivity index (χ0v) is 9.17. The third-order valence-electron chi connectivity index (χ3n) is 2.25. The lowest BCUT2D eigenvalue weighted by molar-refractivity contribution is 0.473. The van der Waals surface area contributed by atoms with Crippen LogP contribution in [0.25, 0.3) is 0 Å². The highest BCUT2D eigenvalue weighted by Crippen LogP contribution is 2.23. The maximum absolute atomic E-state index is 13.3. The summed E-state index contributed by atoms with van der Waals surface area (Å²) in [5.74, 6) is -1.38. The molecule has 1 N–H and O–H groups in total. The van der Waals surface area contributed by atoms with Gasteiger partial charge in [0.1, 0.15) is 5.82 Å². The van der Waals surface area contributed by atoms with Gasteiger partial charge in [-0.15, -0.1) is 0 Å². The molecule has 5 heteroatoms. The molecule has 0 bridgehead atoms. The van der Waals surface area contributed by atoms with Crippen LogP contribution in [0.15, 0.2) is 24.3 Å². The largest absolute Gasteiger partial charge is 0.286 e. The molecule has 0 aliphatic carbocycles. The summed E-state index contributed by atoms with van der Waals surface area (Å²) < 4.78 is 43.5. The molecule has 1 atom stereocenters. The molecule has 0 amide bonds. The molecule has 0 aliphatic rings. The van der Waals surface area contributed by atoms with Crippen molar-refractivity contribution in [3.05, 3.63) is 35.6 Å². The molecule has 0 aromatic heterocycles. The highest BCUT2D eigenvalue weighted by Gasteiger charge is 2.19. The van der Waals surface area contributed by atoms with Gasteiger partial charge in [0.05, 0.1) is 5.75 Å². The topological polar surface area (TPSA) is 54.4 Å². The summed E-state index contributed by atoms with van der Waals surface area (Å²) in [7, 11) is -4.07. The van der Waals surface area contributed by atoms with E-state index in [0.717, 1.165) is 0 Å². The van der Waals surface area contributed by atoms with Crippen molar-refractivity contribution in [3.8, 4) is 0 Å². The van der Waals surface area contributed by atoms with E-state index in [2.05, 4.69) is 0 Å². The van der Waals surface area contributed by atoms with Crippen LogP contribution in [0.1, 0.15) is 24.8 Å². The van der Waals surface area contributed by atoms with Crippen molar-refractivity contribution in [1.82, 2.24) is 0 Å². The normalized spacial score (nSPS) is 13.8. The lowest BCUT2D eigenvalue weighted by atomic mass is 9.98. The molecular formula is C10H13FO3S. The number of hydrogen-bond donors (Lipinski definition) is 1. The van der Waals surface area contributed by atoms with Crippen molar-refractivity contribution in [3.63, 3.8) is 0 Å². The summed E-state index contributed by atoms with van der Waals surface area (Å²) in [6.07, 6.45) is 0.459. The monoisotopic (exact) mass is 232 g/mol. The molecule has 0 saturated heterocycles. The average Bonchev–Trinajstić information content (AvgIpc) is 2.14. The van der Waals surface area contributed by atoms with E-state index in [4.69, 9.17) is 4.55 Å². The van der Waals surface area contributed by atoms with Crippen LogP contribution in [-0.2, 0) is 10.1 Å².